The normalized spacial score (nSPS) is 16.8. The third kappa shape index (κ3) is 2.61. The topological polar surface area (TPSA) is 60.7 Å². The number of halogens is 8. The van der Waals surface area contributed by atoms with Gasteiger partial charge in [0.2, 0.25) is 8.38 Å². The summed E-state index contributed by atoms with van der Waals surface area (Å²) < 4.78 is 97.6. The summed E-state index contributed by atoms with van der Waals surface area (Å²) in [6.45, 7) is 0. The first-order valence-electron chi connectivity index (χ1n) is 3.56. The molecule has 0 heterocycles. The van der Waals surface area contributed by atoms with Gasteiger partial charge >= 0.3 is 24.2 Å². The van der Waals surface area contributed by atoms with E-state index in [1.54, 1.807) is 0 Å². The highest BCUT2D eigenvalue weighted by molar-refractivity contribution is 7.45. The molecule has 0 unspecified atom stereocenters. The summed E-state index contributed by atoms with van der Waals surface area (Å²) in [5.41, 5.74) is 0. The average molecular weight is 296 g/mol. The Morgan fingerprint density at radius 2 is 1.18 bits per heavy atom. The molecule has 3 nitrogen and oxygen atoms in total. The van der Waals surface area contributed by atoms with Gasteiger partial charge in [-0.1, -0.05) is 0 Å². The SMILES string of the molecule is O[C@H](P(O)O)C(F)(F)C(F)(F)C(F)(F)C(F)F. The van der Waals surface area contributed by atoms with Gasteiger partial charge < -0.3 is 14.9 Å². The van der Waals surface area contributed by atoms with Gasteiger partial charge in [-0.3, -0.25) is 0 Å². The van der Waals surface area contributed by atoms with Gasteiger partial charge in [-0.05, 0) is 0 Å². The second-order valence-corrected chi connectivity index (χ2v) is 3.94. The lowest BCUT2D eigenvalue weighted by molar-refractivity contribution is -0.349. The maximum atomic E-state index is 12.6. The predicted molar refractivity (Wildman–Crippen MR) is 38.2 cm³/mol. The van der Waals surface area contributed by atoms with E-state index < -0.39 is 38.4 Å². The van der Waals surface area contributed by atoms with Gasteiger partial charge in [0.15, 0.2) is 5.85 Å². The maximum Gasteiger partial charge on any atom is 0.381 e. The van der Waals surface area contributed by atoms with Crippen LogP contribution >= 0.6 is 8.38 Å². The third-order valence-electron chi connectivity index (χ3n) is 1.65. The first-order chi connectivity index (χ1) is 7.30. The van der Waals surface area contributed by atoms with Gasteiger partial charge in [0, 0.05) is 0 Å². The number of hydrogen-bond donors (Lipinski definition) is 3. The van der Waals surface area contributed by atoms with E-state index in [9.17, 15) is 35.1 Å². The van der Waals surface area contributed by atoms with Crippen molar-refractivity contribution in [3.8, 4) is 0 Å². The van der Waals surface area contributed by atoms with Crippen molar-refractivity contribution in [2.24, 2.45) is 0 Å². The largest absolute Gasteiger partial charge is 0.381 e. The zero-order chi connectivity index (χ0) is 14.2. The van der Waals surface area contributed by atoms with Crippen molar-refractivity contribution in [3.63, 3.8) is 0 Å². The molecule has 3 N–H and O–H groups in total. The zero-order valence-corrected chi connectivity index (χ0v) is 8.36. The number of aliphatic hydroxyl groups is 1. The lowest BCUT2D eigenvalue weighted by Gasteiger charge is -2.34. The quantitative estimate of drug-likeness (QED) is 0.535. The Bertz CT molecular complexity index is 270. The molecule has 0 amide bonds. The highest BCUT2D eigenvalue weighted by atomic mass is 31.2. The summed E-state index contributed by atoms with van der Waals surface area (Å²) >= 11 is 0. The molecule has 17 heavy (non-hydrogen) atoms. The number of hydrogen-bond acceptors (Lipinski definition) is 3. The van der Waals surface area contributed by atoms with E-state index in [0.717, 1.165) is 0 Å². The van der Waals surface area contributed by atoms with Crippen molar-refractivity contribution in [1.29, 1.82) is 0 Å². The molecule has 0 aromatic heterocycles. The van der Waals surface area contributed by atoms with E-state index >= 15 is 0 Å². The van der Waals surface area contributed by atoms with Crippen LogP contribution in [0.15, 0.2) is 0 Å². The van der Waals surface area contributed by atoms with Crippen LogP contribution in [0.4, 0.5) is 35.1 Å². The lowest BCUT2D eigenvalue weighted by atomic mass is 10.1. The Kier molecular flexibility index (Phi) is 4.72. The monoisotopic (exact) mass is 296 g/mol. The fourth-order valence-electron chi connectivity index (χ4n) is 0.666. The number of rotatable bonds is 5. The second kappa shape index (κ2) is 4.79. The van der Waals surface area contributed by atoms with Crippen molar-refractivity contribution in [2.45, 2.75) is 30.0 Å². The fraction of sp³-hybridized carbons (Fsp3) is 1.00. The summed E-state index contributed by atoms with van der Waals surface area (Å²) in [6.07, 6.45) is -5.13. The molecule has 0 bridgehead atoms. The Morgan fingerprint density at radius 3 is 1.41 bits per heavy atom. The molecule has 0 saturated heterocycles. The first kappa shape index (κ1) is 16.8. The fourth-order valence-corrected chi connectivity index (χ4v) is 1.12. The summed E-state index contributed by atoms with van der Waals surface area (Å²) in [4.78, 5) is 16.1. The Balaban J connectivity index is 5.44. The highest BCUT2D eigenvalue weighted by Crippen LogP contribution is 2.54. The molecule has 0 aliphatic heterocycles. The smallest absolute Gasteiger partial charge is 0.378 e. The molecule has 104 valence electrons. The zero-order valence-electron chi connectivity index (χ0n) is 7.47. The number of alkyl halides is 8. The van der Waals surface area contributed by atoms with E-state index in [2.05, 4.69) is 0 Å². The predicted octanol–water partition coefficient (Wildman–Crippen LogP) is 1.77. The van der Waals surface area contributed by atoms with Gasteiger partial charge in [-0.15, -0.1) is 0 Å². The van der Waals surface area contributed by atoms with E-state index in [-0.39, 0.29) is 0 Å². The van der Waals surface area contributed by atoms with Crippen molar-refractivity contribution >= 4 is 8.38 Å². The Morgan fingerprint density at radius 1 is 0.824 bits per heavy atom. The molecular weight excluding hydrogens is 291 g/mol. The highest BCUT2D eigenvalue weighted by Gasteiger charge is 2.78. The van der Waals surface area contributed by atoms with Gasteiger partial charge in [0.1, 0.15) is 0 Å². The maximum absolute atomic E-state index is 12.6. The Labute approximate surface area is 89.6 Å². The Hall–Kier alpha value is -0.250. The molecule has 0 rings (SSSR count). The summed E-state index contributed by atoms with van der Waals surface area (Å²) in [5.74, 6) is -23.2. The van der Waals surface area contributed by atoms with E-state index in [0.29, 0.717) is 0 Å². The average Bonchev–Trinajstić information content (AvgIpc) is 2.15. The first-order valence-corrected chi connectivity index (χ1v) is 4.88. The van der Waals surface area contributed by atoms with Crippen LogP contribution in [-0.4, -0.2) is 44.9 Å². The van der Waals surface area contributed by atoms with Gasteiger partial charge in [-0.2, -0.15) is 26.3 Å². The van der Waals surface area contributed by atoms with Crippen LogP contribution < -0.4 is 0 Å². The molecule has 0 aromatic carbocycles. The van der Waals surface area contributed by atoms with Crippen LogP contribution in [0.2, 0.25) is 0 Å². The van der Waals surface area contributed by atoms with Gasteiger partial charge in [-0.25, -0.2) is 8.78 Å². The molecule has 12 heteroatoms. The minimum Gasteiger partial charge on any atom is -0.378 e. The van der Waals surface area contributed by atoms with E-state index in [1.165, 1.54) is 0 Å². The molecule has 0 spiro atoms. The summed E-state index contributed by atoms with van der Waals surface area (Å²) in [5, 5.41) is 8.26. The lowest BCUT2D eigenvalue weighted by Crippen LogP contribution is -2.61. The molecule has 0 aromatic rings. The van der Waals surface area contributed by atoms with Crippen molar-refractivity contribution < 1.29 is 50.0 Å². The van der Waals surface area contributed by atoms with Crippen LogP contribution in [0, 0.1) is 0 Å². The van der Waals surface area contributed by atoms with Crippen LogP contribution in [-0.2, 0) is 0 Å². The van der Waals surface area contributed by atoms with Crippen molar-refractivity contribution in [1.82, 2.24) is 0 Å². The molecule has 0 saturated carbocycles. The molecular formula is C5H5F8O3P. The van der Waals surface area contributed by atoms with Crippen LogP contribution in [0.25, 0.3) is 0 Å². The molecule has 0 radical (unpaired) electrons. The summed E-state index contributed by atoms with van der Waals surface area (Å²) in [7, 11) is -4.13. The van der Waals surface area contributed by atoms with E-state index in [1.807, 2.05) is 0 Å². The van der Waals surface area contributed by atoms with Crippen LogP contribution in [0.1, 0.15) is 0 Å². The van der Waals surface area contributed by atoms with Gasteiger partial charge in [0.25, 0.3) is 0 Å². The molecule has 0 aliphatic rings. The van der Waals surface area contributed by atoms with Crippen molar-refractivity contribution in [3.05, 3.63) is 0 Å². The summed E-state index contributed by atoms with van der Waals surface area (Å²) in [6, 6.07) is 0. The van der Waals surface area contributed by atoms with E-state index in [4.69, 9.17) is 14.9 Å². The van der Waals surface area contributed by atoms with Crippen LogP contribution in [0.3, 0.4) is 0 Å². The number of aliphatic hydroxyl groups excluding tert-OH is 1. The third-order valence-corrected chi connectivity index (χ3v) is 2.42. The standard InChI is InChI=1S/C5H5F8O3P/c6-1(7)3(8,9)5(12,13)4(10,11)2(14)17(15)16/h1-2,14-16H/t2-/m1/s1. The van der Waals surface area contributed by atoms with Crippen molar-refractivity contribution in [2.75, 3.05) is 0 Å². The minimum atomic E-state index is -6.65. The molecule has 0 aliphatic carbocycles. The second-order valence-electron chi connectivity index (χ2n) is 2.82. The van der Waals surface area contributed by atoms with Gasteiger partial charge in [0.05, 0.1) is 0 Å². The molecule has 1 atom stereocenters. The minimum absolute atomic E-state index is 3.99. The molecule has 0 fully saturated rings. The van der Waals surface area contributed by atoms with Crippen LogP contribution in [0.5, 0.6) is 0 Å².